The van der Waals surface area contributed by atoms with Crippen molar-refractivity contribution >= 4 is 11.8 Å². The average Bonchev–Trinajstić information content (AvgIpc) is 3.00. The fraction of sp³-hybridized carbons (Fsp3) is 0.429. The zero-order chi connectivity index (χ0) is 12.9. The summed E-state index contributed by atoms with van der Waals surface area (Å²) < 4.78 is 5.29. The minimum atomic E-state index is 0.642. The Hall–Kier alpha value is -2.04. The van der Waals surface area contributed by atoms with E-state index in [9.17, 15) is 0 Å². The summed E-state index contributed by atoms with van der Waals surface area (Å²) in [5.41, 5.74) is 0. The van der Waals surface area contributed by atoms with Gasteiger partial charge in [-0.1, -0.05) is 0 Å². The van der Waals surface area contributed by atoms with Crippen LogP contribution < -0.4 is 10.2 Å². The van der Waals surface area contributed by atoms with Gasteiger partial charge in [-0.2, -0.15) is 4.98 Å². The fourth-order valence-electron chi connectivity index (χ4n) is 2.28. The number of nitrogens with zero attached hydrogens (tertiary/aromatic N) is 3. The molecule has 100 valence electrons. The van der Waals surface area contributed by atoms with E-state index in [4.69, 9.17) is 4.42 Å². The molecule has 5 heteroatoms. The molecule has 3 rings (SSSR count). The van der Waals surface area contributed by atoms with Crippen molar-refractivity contribution in [3.63, 3.8) is 0 Å². The van der Waals surface area contributed by atoms with Gasteiger partial charge in [0.25, 0.3) is 0 Å². The van der Waals surface area contributed by atoms with Crippen molar-refractivity contribution in [3.05, 3.63) is 36.4 Å². The van der Waals surface area contributed by atoms with Gasteiger partial charge in [-0.3, -0.25) is 0 Å². The van der Waals surface area contributed by atoms with Crippen molar-refractivity contribution in [1.29, 1.82) is 0 Å². The van der Waals surface area contributed by atoms with Crippen LogP contribution in [-0.4, -0.2) is 23.1 Å². The number of piperidine rings is 1. The van der Waals surface area contributed by atoms with Gasteiger partial charge < -0.3 is 14.6 Å². The molecule has 5 nitrogen and oxygen atoms in total. The molecule has 1 saturated heterocycles. The summed E-state index contributed by atoms with van der Waals surface area (Å²) in [5, 5.41) is 3.26. The van der Waals surface area contributed by atoms with Crippen LogP contribution in [0.1, 0.15) is 25.0 Å². The van der Waals surface area contributed by atoms with Gasteiger partial charge in [0.2, 0.25) is 5.95 Å². The van der Waals surface area contributed by atoms with Crippen molar-refractivity contribution in [2.45, 2.75) is 25.8 Å². The molecule has 0 aliphatic carbocycles. The normalized spacial score (nSPS) is 15.5. The monoisotopic (exact) mass is 258 g/mol. The third-order valence-corrected chi connectivity index (χ3v) is 3.31. The van der Waals surface area contributed by atoms with Crippen molar-refractivity contribution < 1.29 is 4.42 Å². The first-order valence-electron chi connectivity index (χ1n) is 6.76. The van der Waals surface area contributed by atoms with Crippen LogP contribution in [0.15, 0.2) is 35.1 Å². The lowest BCUT2D eigenvalue weighted by Gasteiger charge is -2.26. The standard InChI is InChI=1S/C14H18N4O/c1-2-8-18(9-3-1)14-15-7-6-13(17-14)16-11-12-5-4-10-19-12/h4-7,10H,1-3,8-9,11H2,(H,15,16,17). The number of anilines is 2. The molecule has 0 bridgehead atoms. The molecular formula is C14H18N4O. The number of hydrogen-bond donors (Lipinski definition) is 1. The Kier molecular flexibility index (Phi) is 3.63. The summed E-state index contributed by atoms with van der Waals surface area (Å²) in [6.07, 6.45) is 7.26. The minimum Gasteiger partial charge on any atom is -0.467 e. The number of aromatic nitrogens is 2. The van der Waals surface area contributed by atoms with Crippen LogP contribution in [-0.2, 0) is 6.54 Å². The molecule has 1 aliphatic rings. The highest BCUT2D eigenvalue weighted by Crippen LogP contribution is 2.17. The molecule has 1 fully saturated rings. The first kappa shape index (κ1) is 12.0. The van der Waals surface area contributed by atoms with Gasteiger partial charge in [0.15, 0.2) is 0 Å². The Morgan fingerprint density at radius 2 is 2.11 bits per heavy atom. The van der Waals surface area contributed by atoms with E-state index in [1.54, 1.807) is 12.5 Å². The minimum absolute atomic E-state index is 0.642. The van der Waals surface area contributed by atoms with Crippen LogP contribution in [0, 0.1) is 0 Å². The number of hydrogen-bond acceptors (Lipinski definition) is 5. The molecule has 0 atom stereocenters. The maximum atomic E-state index is 5.29. The first-order chi connectivity index (χ1) is 9.42. The summed E-state index contributed by atoms with van der Waals surface area (Å²) in [6.45, 7) is 2.76. The van der Waals surface area contributed by atoms with Gasteiger partial charge in [0, 0.05) is 19.3 Å². The van der Waals surface area contributed by atoms with E-state index in [2.05, 4.69) is 20.2 Å². The molecule has 0 spiro atoms. The smallest absolute Gasteiger partial charge is 0.227 e. The van der Waals surface area contributed by atoms with E-state index in [1.165, 1.54) is 19.3 Å². The summed E-state index contributed by atoms with van der Waals surface area (Å²) in [6, 6.07) is 5.71. The predicted molar refractivity (Wildman–Crippen MR) is 74.1 cm³/mol. The van der Waals surface area contributed by atoms with Crippen LogP contribution in [0.3, 0.4) is 0 Å². The molecule has 0 aromatic carbocycles. The molecule has 3 heterocycles. The molecule has 0 unspecified atom stereocenters. The largest absolute Gasteiger partial charge is 0.467 e. The van der Waals surface area contributed by atoms with Crippen LogP contribution in [0.2, 0.25) is 0 Å². The van der Waals surface area contributed by atoms with Crippen molar-refractivity contribution in [2.75, 3.05) is 23.3 Å². The highest BCUT2D eigenvalue weighted by atomic mass is 16.3. The molecule has 0 amide bonds. The van der Waals surface area contributed by atoms with Crippen molar-refractivity contribution in [2.24, 2.45) is 0 Å². The zero-order valence-corrected chi connectivity index (χ0v) is 10.9. The third kappa shape index (κ3) is 3.05. The molecular weight excluding hydrogens is 240 g/mol. The maximum absolute atomic E-state index is 5.29. The van der Waals surface area contributed by atoms with Gasteiger partial charge >= 0.3 is 0 Å². The van der Waals surface area contributed by atoms with E-state index in [-0.39, 0.29) is 0 Å². The van der Waals surface area contributed by atoms with Gasteiger partial charge in [0.1, 0.15) is 11.6 Å². The lowest BCUT2D eigenvalue weighted by Crippen LogP contribution is -2.31. The Balaban J connectivity index is 1.65. The summed E-state index contributed by atoms with van der Waals surface area (Å²) in [5.74, 6) is 2.56. The highest BCUT2D eigenvalue weighted by Gasteiger charge is 2.13. The maximum Gasteiger partial charge on any atom is 0.227 e. The number of rotatable bonds is 4. The van der Waals surface area contributed by atoms with Crippen LogP contribution in [0.25, 0.3) is 0 Å². The first-order valence-corrected chi connectivity index (χ1v) is 6.76. The zero-order valence-electron chi connectivity index (χ0n) is 10.9. The lowest BCUT2D eigenvalue weighted by molar-refractivity contribution is 0.517. The second kappa shape index (κ2) is 5.73. The summed E-state index contributed by atoms with van der Waals surface area (Å²) >= 11 is 0. The Bertz CT molecular complexity index is 506. The van der Waals surface area contributed by atoms with E-state index in [0.29, 0.717) is 6.54 Å². The molecule has 2 aromatic heterocycles. The van der Waals surface area contributed by atoms with E-state index in [0.717, 1.165) is 30.6 Å². The molecule has 19 heavy (non-hydrogen) atoms. The number of furan rings is 1. The van der Waals surface area contributed by atoms with Crippen molar-refractivity contribution in [1.82, 2.24) is 9.97 Å². The second-order valence-corrected chi connectivity index (χ2v) is 4.72. The second-order valence-electron chi connectivity index (χ2n) is 4.72. The van der Waals surface area contributed by atoms with Crippen LogP contribution in [0.4, 0.5) is 11.8 Å². The Morgan fingerprint density at radius 3 is 2.89 bits per heavy atom. The highest BCUT2D eigenvalue weighted by molar-refractivity contribution is 5.41. The lowest BCUT2D eigenvalue weighted by atomic mass is 10.1. The van der Waals surface area contributed by atoms with Crippen molar-refractivity contribution in [3.8, 4) is 0 Å². The SMILES string of the molecule is c1coc(CNc2ccnc(N3CCCCC3)n2)c1. The van der Waals surface area contributed by atoms with Gasteiger partial charge in [-0.15, -0.1) is 0 Å². The van der Waals surface area contributed by atoms with Crippen LogP contribution in [0.5, 0.6) is 0 Å². The average molecular weight is 258 g/mol. The quantitative estimate of drug-likeness (QED) is 0.913. The Labute approximate surface area is 112 Å². The van der Waals surface area contributed by atoms with Crippen LogP contribution >= 0.6 is 0 Å². The summed E-state index contributed by atoms with van der Waals surface area (Å²) in [7, 11) is 0. The molecule has 0 saturated carbocycles. The third-order valence-electron chi connectivity index (χ3n) is 3.31. The van der Waals surface area contributed by atoms with Gasteiger partial charge in [-0.05, 0) is 37.5 Å². The molecule has 1 aliphatic heterocycles. The Morgan fingerprint density at radius 1 is 1.21 bits per heavy atom. The fourth-order valence-corrected chi connectivity index (χ4v) is 2.28. The summed E-state index contributed by atoms with van der Waals surface area (Å²) in [4.78, 5) is 11.2. The molecule has 1 N–H and O–H groups in total. The topological polar surface area (TPSA) is 54.2 Å². The van der Waals surface area contributed by atoms with E-state index < -0.39 is 0 Å². The van der Waals surface area contributed by atoms with Gasteiger partial charge in [0.05, 0.1) is 12.8 Å². The van der Waals surface area contributed by atoms with E-state index in [1.807, 2.05) is 18.2 Å². The molecule has 0 radical (unpaired) electrons. The van der Waals surface area contributed by atoms with Gasteiger partial charge in [-0.25, -0.2) is 4.98 Å². The molecule has 2 aromatic rings. The predicted octanol–water partition coefficient (Wildman–Crippen LogP) is 2.67. The van der Waals surface area contributed by atoms with E-state index >= 15 is 0 Å². The number of nitrogens with one attached hydrogen (secondary N) is 1.